The van der Waals surface area contributed by atoms with Crippen LogP contribution in [0.4, 0.5) is 0 Å². The van der Waals surface area contributed by atoms with Crippen LogP contribution in [0.15, 0.2) is 30.9 Å². The van der Waals surface area contributed by atoms with Crippen LogP contribution in [-0.4, -0.2) is 31.8 Å². The van der Waals surface area contributed by atoms with E-state index in [0.29, 0.717) is 6.42 Å². The molecule has 1 aromatic carbocycles. The number of carbonyl (C=O) groups is 2. The maximum Gasteiger partial charge on any atom is 0.324 e. The number of hydrogen-bond donors (Lipinski definition) is 0. The number of methoxy groups -OCH3 is 2. The Hall–Kier alpha value is -2.30. The van der Waals surface area contributed by atoms with Gasteiger partial charge in [-0.1, -0.05) is 12.1 Å². The van der Waals surface area contributed by atoms with E-state index in [1.165, 1.54) is 7.11 Å². The maximum absolute atomic E-state index is 13.4. The van der Waals surface area contributed by atoms with Gasteiger partial charge in [0.05, 0.1) is 14.2 Å². The minimum Gasteiger partial charge on any atom is -0.497 e. The standard InChI is InChI=1S/C23H26O5/c1-4-14-6-10-18-17-8-5-13-11-15(26-2)7-9-16(13)19(17)22(20(24)27-3)12-23(14,18)28-21(22)25/h4,7,9,11,14,17-19H,1,5-6,8,10,12H2,2-3H3/t14-,17+,18+,19-,22-,23-/m0/s1. The number of esters is 2. The van der Waals surface area contributed by atoms with Crippen LogP contribution in [-0.2, 0) is 25.5 Å². The molecular weight excluding hydrogens is 356 g/mol. The third kappa shape index (κ3) is 1.92. The molecule has 0 unspecified atom stereocenters. The van der Waals surface area contributed by atoms with Gasteiger partial charge in [0.25, 0.3) is 0 Å². The first-order valence-electron chi connectivity index (χ1n) is 10.1. The fourth-order valence-electron chi connectivity index (χ4n) is 6.95. The van der Waals surface area contributed by atoms with E-state index in [0.717, 1.165) is 42.6 Å². The van der Waals surface area contributed by atoms with Crippen molar-refractivity contribution >= 4 is 11.9 Å². The molecule has 5 rings (SSSR count). The summed E-state index contributed by atoms with van der Waals surface area (Å²) in [6.07, 6.45) is 6.15. The lowest BCUT2D eigenvalue weighted by Crippen LogP contribution is -2.55. The molecule has 148 valence electrons. The van der Waals surface area contributed by atoms with Crippen LogP contribution >= 0.6 is 0 Å². The molecule has 6 atom stereocenters. The first-order valence-corrected chi connectivity index (χ1v) is 10.1. The van der Waals surface area contributed by atoms with Gasteiger partial charge >= 0.3 is 11.9 Å². The summed E-state index contributed by atoms with van der Waals surface area (Å²) in [5.41, 5.74) is 0.384. The average molecular weight is 382 g/mol. The summed E-state index contributed by atoms with van der Waals surface area (Å²) in [6, 6.07) is 6.00. The van der Waals surface area contributed by atoms with Crippen molar-refractivity contribution in [1.29, 1.82) is 0 Å². The highest BCUT2D eigenvalue weighted by Crippen LogP contribution is 2.70. The Morgan fingerprint density at radius 2 is 2.11 bits per heavy atom. The van der Waals surface area contributed by atoms with E-state index in [1.807, 2.05) is 24.3 Å². The van der Waals surface area contributed by atoms with E-state index in [1.54, 1.807) is 7.11 Å². The van der Waals surface area contributed by atoms with Gasteiger partial charge in [-0.15, -0.1) is 6.58 Å². The Balaban J connectivity index is 1.73. The van der Waals surface area contributed by atoms with Gasteiger partial charge < -0.3 is 14.2 Å². The minimum absolute atomic E-state index is 0.103. The number of benzene rings is 1. The summed E-state index contributed by atoms with van der Waals surface area (Å²) in [7, 11) is 3.02. The van der Waals surface area contributed by atoms with Crippen molar-refractivity contribution in [3.05, 3.63) is 42.0 Å². The molecule has 2 saturated carbocycles. The summed E-state index contributed by atoms with van der Waals surface area (Å²) in [5.74, 6) is 0.328. The first-order chi connectivity index (χ1) is 13.5. The van der Waals surface area contributed by atoms with Crippen molar-refractivity contribution in [3.63, 3.8) is 0 Å². The molecular formula is C23H26O5. The van der Waals surface area contributed by atoms with Crippen molar-refractivity contribution in [2.24, 2.45) is 23.2 Å². The quantitative estimate of drug-likeness (QED) is 0.455. The zero-order valence-corrected chi connectivity index (χ0v) is 16.4. The van der Waals surface area contributed by atoms with Crippen LogP contribution in [0.2, 0.25) is 0 Å². The first kappa shape index (κ1) is 17.8. The van der Waals surface area contributed by atoms with Crippen LogP contribution < -0.4 is 4.74 Å². The van der Waals surface area contributed by atoms with Crippen LogP contribution in [0, 0.1) is 23.2 Å². The minimum atomic E-state index is -1.26. The Bertz CT molecular complexity index is 876. The topological polar surface area (TPSA) is 61.8 Å². The van der Waals surface area contributed by atoms with E-state index < -0.39 is 23.0 Å². The van der Waals surface area contributed by atoms with Gasteiger partial charge in [-0.05, 0) is 54.9 Å². The fraction of sp³-hybridized carbons (Fsp3) is 0.565. The molecule has 0 amide bonds. The van der Waals surface area contributed by atoms with Crippen LogP contribution in [0.1, 0.15) is 42.7 Å². The summed E-state index contributed by atoms with van der Waals surface area (Å²) >= 11 is 0. The monoisotopic (exact) mass is 382 g/mol. The van der Waals surface area contributed by atoms with Gasteiger partial charge in [-0.3, -0.25) is 9.59 Å². The lowest BCUT2D eigenvalue weighted by molar-refractivity contribution is -0.165. The Labute approximate surface area is 165 Å². The maximum atomic E-state index is 13.4. The van der Waals surface area contributed by atoms with E-state index >= 15 is 0 Å². The number of ether oxygens (including phenoxy) is 3. The van der Waals surface area contributed by atoms with Crippen LogP contribution in [0.25, 0.3) is 0 Å². The molecule has 2 bridgehead atoms. The summed E-state index contributed by atoms with van der Waals surface area (Å²) < 4.78 is 16.8. The second kappa shape index (κ2) is 5.85. The third-order valence-electron chi connectivity index (χ3n) is 7.99. The predicted molar refractivity (Wildman–Crippen MR) is 102 cm³/mol. The molecule has 5 nitrogen and oxygen atoms in total. The van der Waals surface area contributed by atoms with Crippen LogP contribution in [0.3, 0.4) is 0 Å². The van der Waals surface area contributed by atoms with Crippen LogP contribution in [0.5, 0.6) is 5.75 Å². The molecule has 3 aliphatic carbocycles. The summed E-state index contributed by atoms with van der Waals surface area (Å²) in [4.78, 5) is 26.5. The number of aryl methyl sites for hydroxylation is 1. The molecule has 3 fully saturated rings. The second-order valence-corrected chi connectivity index (χ2v) is 8.76. The molecule has 1 saturated heterocycles. The number of carbonyl (C=O) groups excluding carboxylic acids is 2. The van der Waals surface area contributed by atoms with Gasteiger partial charge in [0.15, 0.2) is 5.41 Å². The molecule has 1 spiro atoms. The lowest BCUT2D eigenvalue weighted by Gasteiger charge is -2.50. The number of rotatable bonds is 3. The van der Waals surface area contributed by atoms with Crippen molar-refractivity contribution in [1.82, 2.24) is 0 Å². The smallest absolute Gasteiger partial charge is 0.324 e. The van der Waals surface area contributed by atoms with Gasteiger partial charge in [0, 0.05) is 24.2 Å². The van der Waals surface area contributed by atoms with Crippen molar-refractivity contribution in [3.8, 4) is 5.75 Å². The highest BCUT2D eigenvalue weighted by atomic mass is 16.6. The van der Waals surface area contributed by atoms with E-state index in [9.17, 15) is 9.59 Å². The highest BCUT2D eigenvalue weighted by molar-refractivity contribution is 6.03. The summed E-state index contributed by atoms with van der Waals surface area (Å²) in [5, 5.41) is 0. The number of fused-ring (bicyclic) bond motifs is 6. The molecule has 1 aliphatic heterocycles. The largest absolute Gasteiger partial charge is 0.497 e. The van der Waals surface area contributed by atoms with Crippen molar-refractivity contribution < 1.29 is 23.8 Å². The Morgan fingerprint density at radius 1 is 1.29 bits per heavy atom. The van der Waals surface area contributed by atoms with Gasteiger partial charge in [0.1, 0.15) is 11.4 Å². The fourth-order valence-corrected chi connectivity index (χ4v) is 6.95. The van der Waals surface area contributed by atoms with E-state index in [4.69, 9.17) is 14.2 Å². The van der Waals surface area contributed by atoms with Crippen molar-refractivity contribution in [2.75, 3.05) is 14.2 Å². The normalized spacial score (nSPS) is 40.0. The number of hydrogen-bond acceptors (Lipinski definition) is 5. The third-order valence-corrected chi connectivity index (χ3v) is 7.99. The molecule has 28 heavy (non-hydrogen) atoms. The van der Waals surface area contributed by atoms with Gasteiger partial charge in [0.2, 0.25) is 0 Å². The van der Waals surface area contributed by atoms with Crippen molar-refractivity contribution in [2.45, 2.75) is 43.6 Å². The Kier molecular flexibility index (Phi) is 3.71. The highest BCUT2D eigenvalue weighted by Gasteiger charge is 2.76. The summed E-state index contributed by atoms with van der Waals surface area (Å²) in [6.45, 7) is 4.00. The molecule has 1 aromatic rings. The zero-order chi connectivity index (χ0) is 19.7. The average Bonchev–Trinajstić information content (AvgIpc) is 3.21. The van der Waals surface area contributed by atoms with Gasteiger partial charge in [-0.2, -0.15) is 0 Å². The molecule has 0 radical (unpaired) electrons. The molecule has 1 heterocycles. The zero-order valence-electron chi connectivity index (χ0n) is 16.4. The SMILES string of the molecule is C=C[C@H]1CC[C@@H]2[C@H]3CCc4cc(OC)ccc4[C@@H]3[C@]3(C(=O)OC)C[C@@]21OC3=O. The van der Waals surface area contributed by atoms with Gasteiger partial charge in [-0.25, -0.2) is 0 Å². The van der Waals surface area contributed by atoms with E-state index in [-0.39, 0.29) is 23.7 Å². The predicted octanol–water partition coefficient (Wildman–Crippen LogP) is 3.41. The second-order valence-electron chi connectivity index (χ2n) is 8.76. The molecule has 5 heteroatoms. The molecule has 0 aromatic heterocycles. The van der Waals surface area contributed by atoms with E-state index in [2.05, 4.69) is 6.58 Å². The lowest BCUT2D eigenvalue weighted by atomic mass is 9.50. The molecule has 4 aliphatic rings. The molecule has 0 N–H and O–H groups in total. The Morgan fingerprint density at radius 3 is 2.82 bits per heavy atom.